The number of hydrogen-bond acceptors (Lipinski definition) is 5. The third-order valence-corrected chi connectivity index (χ3v) is 4.99. The molecule has 1 aliphatic heterocycles. The van der Waals surface area contributed by atoms with Crippen molar-refractivity contribution < 1.29 is 4.92 Å². The molecular formula is C19H24N4O2. The zero-order valence-electron chi connectivity index (χ0n) is 14.7. The van der Waals surface area contributed by atoms with Gasteiger partial charge in [-0.25, -0.2) is 4.98 Å². The van der Waals surface area contributed by atoms with Gasteiger partial charge < -0.3 is 4.90 Å². The van der Waals surface area contributed by atoms with Crippen molar-refractivity contribution in [3.63, 3.8) is 0 Å². The van der Waals surface area contributed by atoms with E-state index < -0.39 is 0 Å². The van der Waals surface area contributed by atoms with E-state index in [1.54, 1.807) is 12.3 Å². The minimum atomic E-state index is -0.353. The second kappa shape index (κ2) is 7.61. The van der Waals surface area contributed by atoms with Gasteiger partial charge in [0.15, 0.2) is 0 Å². The maximum Gasteiger partial charge on any atom is 0.311 e. The van der Waals surface area contributed by atoms with E-state index in [0.29, 0.717) is 11.7 Å². The molecule has 3 rings (SSSR count). The zero-order valence-corrected chi connectivity index (χ0v) is 14.7. The minimum Gasteiger partial charge on any atom is -0.351 e. The van der Waals surface area contributed by atoms with Crippen molar-refractivity contribution in [3.8, 4) is 0 Å². The highest BCUT2D eigenvalue weighted by atomic mass is 16.6. The second-order valence-electron chi connectivity index (χ2n) is 6.77. The van der Waals surface area contributed by atoms with Gasteiger partial charge in [-0.05, 0) is 24.0 Å². The molecule has 1 aliphatic rings. The summed E-state index contributed by atoms with van der Waals surface area (Å²) in [6.45, 7) is 5.12. The lowest BCUT2D eigenvalue weighted by Gasteiger charge is -2.41. The first-order chi connectivity index (χ1) is 12.1. The van der Waals surface area contributed by atoms with Crippen LogP contribution in [0, 0.1) is 16.0 Å². The molecule has 1 fully saturated rings. The highest BCUT2D eigenvalue weighted by molar-refractivity contribution is 5.57. The van der Waals surface area contributed by atoms with Crippen LogP contribution in [0.25, 0.3) is 0 Å². The first kappa shape index (κ1) is 17.4. The summed E-state index contributed by atoms with van der Waals surface area (Å²) in [5.41, 5.74) is 1.39. The van der Waals surface area contributed by atoms with Crippen LogP contribution in [0.4, 0.5) is 11.5 Å². The third-order valence-electron chi connectivity index (χ3n) is 4.99. The molecule has 0 saturated carbocycles. The van der Waals surface area contributed by atoms with E-state index in [-0.39, 0.29) is 16.7 Å². The molecule has 0 bridgehead atoms. The van der Waals surface area contributed by atoms with Crippen molar-refractivity contribution in [1.82, 2.24) is 9.88 Å². The number of likely N-dealkylation sites (tertiary alicyclic amines) is 1. The molecule has 1 aromatic carbocycles. The number of rotatable bonds is 5. The topological polar surface area (TPSA) is 62.5 Å². The summed E-state index contributed by atoms with van der Waals surface area (Å²) < 4.78 is 0. The van der Waals surface area contributed by atoms with Crippen LogP contribution in [-0.4, -0.2) is 41.0 Å². The number of aromatic nitrogens is 1. The fourth-order valence-electron chi connectivity index (χ4n) is 3.74. The molecule has 2 atom stereocenters. The van der Waals surface area contributed by atoms with Crippen LogP contribution in [0.5, 0.6) is 0 Å². The van der Waals surface area contributed by atoms with Gasteiger partial charge in [-0.3, -0.25) is 15.0 Å². The van der Waals surface area contributed by atoms with E-state index in [2.05, 4.69) is 41.1 Å². The summed E-state index contributed by atoms with van der Waals surface area (Å²) in [7, 11) is 1.92. The van der Waals surface area contributed by atoms with Crippen LogP contribution in [0.3, 0.4) is 0 Å². The van der Waals surface area contributed by atoms with Crippen LogP contribution >= 0.6 is 0 Å². The Morgan fingerprint density at radius 1 is 1.28 bits per heavy atom. The molecule has 2 heterocycles. The second-order valence-corrected chi connectivity index (χ2v) is 6.77. The first-order valence-corrected chi connectivity index (χ1v) is 8.65. The number of benzene rings is 1. The highest BCUT2D eigenvalue weighted by Gasteiger charge is 2.32. The number of anilines is 1. The summed E-state index contributed by atoms with van der Waals surface area (Å²) in [6.07, 6.45) is 2.59. The van der Waals surface area contributed by atoms with Crippen LogP contribution in [0.15, 0.2) is 48.7 Å². The van der Waals surface area contributed by atoms with Crippen molar-refractivity contribution in [2.75, 3.05) is 25.0 Å². The molecular weight excluding hydrogens is 316 g/mol. The van der Waals surface area contributed by atoms with Crippen molar-refractivity contribution in [2.24, 2.45) is 5.92 Å². The molecule has 0 amide bonds. The molecule has 6 heteroatoms. The largest absolute Gasteiger partial charge is 0.351 e. The molecule has 0 N–H and O–H groups in total. The molecule has 0 radical (unpaired) electrons. The maximum absolute atomic E-state index is 11.3. The van der Waals surface area contributed by atoms with Gasteiger partial charge in [0, 0.05) is 45.0 Å². The highest BCUT2D eigenvalue weighted by Crippen LogP contribution is 2.30. The Bertz CT molecular complexity index is 722. The normalized spacial score (nSPS) is 21.0. The molecule has 132 valence electrons. The van der Waals surface area contributed by atoms with Crippen LogP contribution < -0.4 is 4.90 Å². The summed E-state index contributed by atoms with van der Waals surface area (Å²) in [6, 6.07) is 13.9. The van der Waals surface area contributed by atoms with Crippen molar-refractivity contribution >= 4 is 11.5 Å². The Kier molecular flexibility index (Phi) is 5.28. The molecule has 1 aromatic heterocycles. The molecule has 25 heavy (non-hydrogen) atoms. The number of nitro groups is 1. The number of nitrogens with zero attached hydrogens (tertiary/aromatic N) is 4. The van der Waals surface area contributed by atoms with Gasteiger partial charge in [-0.2, -0.15) is 0 Å². The quantitative estimate of drug-likeness (QED) is 0.617. The lowest BCUT2D eigenvalue weighted by atomic mass is 9.92. The maximum atomic E-state index is 11.3. The standard InChI is InChI=1S/C19H24N4O2/c1-15-13-22(14-16-7-4-3-5-8-16)12-10-17(15)21(2)19-18(23(24)25)9-6-11-20-19/h3-9,11,15,17H,10,12-14H2,1-2H3. The molecule has 6 nitrogen and oxygen atoms in total. The van der Waals surface area contributed by atoms with Gasteiger partial charge in [0.25, 0.3) is 0 Å². The SMILES string of the molecule is CC1CN(Cc2ccccc2)CCC1N(C)c1ncccc1[N+](=O)[O-]. The zero-order chi connectivity index (χ0) is 17.8. The number of hydrogen-bond donors (Lipinski definition) is 0. The first-order valence-electron chi connectivity index (χ1n) is 8.65. The Morgan fingerprint density at radius 2 is 2.04 bits per heavy atom. The van der Waals surface area contributed by atoms with Gasteiger partial charge >= 0.3 is 5.69 Å². The molecule has 0 spiro atoms. The fourth-order valence-corrected chi connectivity index (χ4v) is 3.74. The Labute approximate surface area is 148 Å². The molecule has 0 aliphatic carbocycles. The van der Waals surface area contributed by atoms with Crippen molar-refractivity contribution in [3.05, 3.63) is 64.3 Å². The fraction of sp³-hybridized carbons (Fsp3) is 0.421. The smallest absolute Gasteiger partial charge is 0.311 e. The Morgan fingerprint density at radius 3 is 2.72 bits per heavy atom. The van der Waals surface area contributed by atoms with Gasteiger partial charge in [0.05, 0.1) is 4.92 Å². The summed E-state index contributed by atoms with van der Waals surface area (Å²) in [5, 5.41) is 11.3. The third kappa shape index (κ3) is 3.96. The minimum absolute atomic E-state index is 0.0731. The van der Waals surface area contributed by atoms with Crippen LogP contribution in [0.1, 0.15) is 18.9 Å². The van der Waals surface area contributed by atoms with Crippen molar-refractivity contribution in [2.45, 2.75) is 25.9 Å². The summed E-state index contributed by atoms with van der Waals surface area (Å²) in [4.78, 5) is 19.6. The predicted molar refractivity (Wildman–Crippen MR) is 98.6 cm³/mol. The molecule has 1 saturated heterocycles. The Balaban J connectivity index is 1.68. The average Bonchev–Trinajstić information content (AvgIpc) is 2.62. The summed E-state index contributed by atoms with van der Waals surface area (Å²) >= 11 is 0. The van der Waals surface area contributed by atoms with E-state index >= 15 is 0 Å². The van der Waals surface area contributed by atoms with Gasteiger partial charge in [0.2, 0.25) is 5.82 Å². The van der Waals surface area contributed by atoms with E-state index in [1.807, 2.05) is 18.0 Å². The van der Waals surface area contributed by atoms with Gasteiger partial charge in [0.1, 0.15) is 0 Å². The van der Waals surface area contributed by atoms with Crippen LogP contribution in [0.2, 0.25) is 0 Å². The van der Waals surface area contributed by atoms with E-state index in [0.717, 1.165) is 26.1 Å². The molecule has 2 aromatic rings. The lowest BCUT2D eigenvalue weighted by molar-refractivity contribution is -0.384. The van der Waals surface area contributed by atoms with E-state index in [4.69, 9.17) is 0 Å². The number of pyridine rings is 1. The van der Waals surface area contributed by atoms with Crippen LogP contribution in [-0.2, 0) is 6.54 Å². The lowest BCUT2D eigenvalue weighted by Crippen LogP contribution is -2.49. The van der Waals surface area contributed by atoms with Gasteiger partial charge in [-0.1, -0.05) is 37.3 Å². The number of piperidine rings is 1. The Hall–Kier alpha value is -2.47. The monoisotopic (exact) mass is 340 g/mol. The van der Waals surface area contributed by atoms with E-state index in [9.17, 15) is 10.1 Å². The van der Waals surface area contributed by atoms with Crippen molar-refractivity contribution in [1.29, 1.82) is 0 Å². The molecule has 2 unspecified atom stereocenters. The average molecular weight is 340 g/mol. The van der Waals surface area contributed by atoms with Gasteiger partial charge in [-0.15, -0.1) is 0 Å². The van der Waals surface area contributed by atoms with E-state index in [1.165, 1.54) is 11.6 Å². The predicted octanol–water partition coefficient (Wildman–Crippen LogP) is 3.34. The summed E-state index contributed by atoms with van der Waals surface area (Å²) in [5.74, 6) is 0.866.